The molecule has 0 aliphatic carbocycles. The van der Waals surface area contributed by atoms with Crippen molar-refractivity contribution >= 4 is 39.1 Å². The fraction of sp³-hybridized carbons (Fsp3) is 0.176. The van der Waals surface area contributed by atoms with Gasteiger partial charge in [-0.1, -0.05) is 18.2 Å². The molecule has 0 spiro atoms. The van der Waals surface area contributed by atoms with E-state index in [0.29, 0.717) is 21.0 Å². The third-order valence-corrected chi connectivity index (χ3v) is 5.10. The van der Waals surface area contributed by atoms with Crippen LogP contribution < -0.4 is 22.3 Å². The number of primary amides is 1. The monoisotopic (exact) mass is 372 g/mol. The van der Waals surface area contributed by atoms with E-state index in [9.17, 15) is 19.2 Å². The summed E-state index contributed by atoms with van der Waals surface area (Å²) in [7, 11) is 0. The van der Waals surface area contributed by atoms with Crippen LogP contribution >= 0.6 is 11.3 Å². The summed E-state index contributed by atoms with van der Waals surface area (Å²) in [6.07, 6.45) is -0.126. The van der Waals surface area contributed by atoms with Gasteiger partial charge in [0.05, 0.1) is 10.3 Å². The quantitative estimate of drug-likeness (QED) is 0.621. The van der Waals surface area contributed by atoms with E-state index < -0.39 is 17.2 Å². The van der Waals surface area contributed by atoms with Crippen molar-refractivity contribution in [3.63, 3.8) is 0 Å². The molecule has 0 saturated heterocycles. The van der Waals surface area contributed by atoms with Gasteiger partial charge in [0.25, 0.3) is 11.5 Å². The molecule has 2 heterocycles. The van der Waals surface area contributed by atoms with Crippen molar-refractivity contribution in [1.82, 2.24) is 9.55 Å². The third kappa shape index (κ3) is 3.29. The second kappa shape index (κ2) is 6.96. The van der Waals surface area contributed by atoms with Gasteiger partial charge in [0.1, 0.15) is 4.83 Å². The molecule has 8 nitrogen and oxygen atoms in total. The number of para-hydroxylation sites is 1. The molecular formula is C17H16N4O4S. The van der Waals surface area contributed by atoms with Crippen LogP contribution in [0.25, 0.3) is 10.2 Å². The Morgan fingerprint density at radius 2 is 1.92 bits per heavy atom. The van der Waals surface area contributed by atoms with E-state index in [1.165, 1.54) is 0 Å². The fourth-order valence-electron chi connectivity index (χ4n) is 2.60. The lowest BCUT2D eigenvalue weighted by Crippen LogP contribution is -2.36. The maximum absolute atomic E-state index is 12.6. The van der Waals surface area contributed by atoms with Gasteiger partial charge in [0.15, 0.2) is 0 Å². The van der Waals surface area contributed by atoms with Crippen LogP contribution in [-0.2, 0) is 11.3 Å². The Kier molecular flexibility index (Phi) is 4.72. The van der Waals surface area contributed by atoms with E-state index in [1.807, 2.05) is 6.07 Å². The molecule has 0 aliphatic rings. The number of H-pyrrole nitrogens is 1. The highest BCUT2D eigenvalue weighted by molar-refractivity contribution is 7.20. The number of nitrogens with two attached hydrogens (primary N) is 1. The SMILES string of the molecule is Cc1c(C(=O)Nc2ccccc2)sc2[nH]c(=O)n(CCC(N)=O)c(=O)c12. The molecule has 26 heavy (non-hydrogen) atoms. The first-order valence-electron chi connectivity index (χ1n) is 7.79. The number of aromatic nitrogens is 2. The molecule has 3 aromatic rings. The summed E-state index contributed by atoms with van der Waals surface area (Å²) in [6.45, 7) is 1.54. The van der Waals surface area contributed by atoms with E-state index >= 15 is 0 Å². The Bertz CT molecular complexity index is 1110. The fourth-order valence-corrected chi connectivity index (χ4v) is 3.69. The zero-order valence-corrected chi connectivity index (χ0v) is 14.7. The number of hydrogen-bond acceptors (Lipinski definition) is 5. The van der Waals surface area contributed by atoms with Crippen molar-refractivity contribution in [2.45, 2.75) is 19.9 Å². The zero-order chi connectivity index (χ0) is 18.8. The van der Waals surface area contributed by atoms with Gasteiger partial charge in [-0.05, 0) is 24.6 Å². The molecule has 3 rings (SSSR count). The average Bonchev–Trinajstić information content (AvgIpc) is 2.92. The Balaban J connectivity index is 2.04. The van der Waals surface area contributed by atoms with Crippen molar-refractivity contribution in [3.05, 3.63) is 61.6 Å². The molecule has 0 aliphatic heterocycles. The molecule has 134 valence electrons. The highest BCUT2D eigenvalue weighted by Gasteiger charge is 2.20. The first-order chi connectivity index (χ1) is 12.4. The van der Waals surface area contributed by atoms with Crippen LogP contribution in [0.2, 0.25) is 0 Å². The number of aryl methyl sites for hydroxylation is 1. The van der Waals surface area contributed by atoms with Gasteiger partial charge in [-0.25, -0.2) is 4.79 Å². The van der Waals surface area contributed by atoms with Crippen molar-refractivity contribution in [2.24, 2.45) is 5.73 Å². The number of nitrogens with zero attached hydrogens (tertiary/aromatic N) is 1. The topological polar surface area (TPSA) is 127 Å². The largest absolute Gasteiger partial charge is 0.370 e. The molecule has 0 radical (unpaired) electrons. The summed E-state index contributed by atoms with van der Waals surface area (Å²) in [4.78, 5) is 51.5. The molecule has 0 bridgehead atoms. The summed E-state index contributed by atoms with van der Waals surface area (Å²) in [5.41, 5.74) is 5.01. The van der Waals surface area contributed by atoms with E-state index in [2.05, 4.69) is 10.3 Å². The standard InChI is InChI=1S/C17H16N4O4S/c1-9-12-15(20-17(25)21(16(12)24)8-7-11(18)22)26-13(9)14(23)19-10-5-3-2-4-6-10/h2-6H,7-8H2,1H3,(H2,18,22)(H,19,23)(H,20,25). The minimum Gasteiger partial charge on any atom is -0.370 e. The number of hydrogen-bond donors (Lipinski definition) is 3. The maximum Gasteiger partial charge on any atom is 0.329 e. The van der Waals surface area contributed by atoms with Crippen LogP contribution in [0, 0.1) is 6.92 Å². The third-order valence-electron chi connectivity index (χ3n) is 3.89. The molecule has 9 heteroatoms. The zero-order valence-electron chi connectivity index (χ0n) is 13.9. The number of thiophene rings is 1. The first-order valence-corrected chi connectivity index (χ1v) is 8.61. The lowest BCUT2D eigenvalue weighted by Gasteiger charge is -2.04. The van der Waals surface area contributed by atoms with Gasteiger partial charge >= 0.3 is 5.69 Å². The predicted molar refractivity (Wildman–Crippen MR) is 99.6 cm³/mol. The van der Waals surface area contributed by atoms with E-state index in [0.717, 1.165) is 15.9 Å². The highest BCUT2D eigenvalue weighted by Crippen LogP contribution is 2.27. The van der Waals surface area contributed by atoms with Crippen LogP contribution in [0.5, 0.6) is 0 Å². The van der Waals surface area contributed by atoms with Crippen LogP contribution in [0.3, 0.4) is 0 Å². The normalized spacial score (nSPS) is 10.8. The molecule has 1 aromatic carbocycles. The van der Waals surface area contributed by atoms with E-state index in [-0.39, 0.29) is 24.3 Å². The van der Waals surface area contributed by atoms with Crippen LogP contribution in [0.4, 0.5) is 5.69 Å². The van der Waals surface area contributed by atoms with Crippen LogP contribution in [-0.4, -0.2) is 21.4 Å². The Labute approximate surface area is 151 Å². The molecule has 2 aromatic heterocycles. The van der Waals surface area contributed by atoms with Gasteiger partial charge in [0.2, 0.25) is 5.91 Å². The number of anilines is 1. The van der Waals surface area contributed by atoms with E-state index in [1.54, 1.807) is 31.2 Å². The lowest BCUT2D eigenvalue weighted by atomic mass is 10.2. The number of carbonyl (C=O) groups excluding carboxylic acids is 2. The molecule has 0 unspecified atom stereocenters. The van der Waals surface area contributed by atoms with E-state index in [4.69, 9.17) is 5.73 Å². The Hall–Kier alpha value is -3.20. The van der Waals surface area contributed by atoms with Gasteiger partial charge in [-0.3, -0.25) is 23.9 Å². The van der Waals surface area contributed by atoms with Gasteiger partial charge in [-0.15, -0.1) is 11.3 Å². The molecule has 4 N–H and O–H groups in total. The number of benzene rings is 1. The molecule has 0 fully saturated rings. The maximum atomic E-state index is 12.6. The van der Waals surface area contributed by atoms with Crippen LogP contribution in [0.15, 0.2) is 39.9 Å². The molecule has 2 amide bonds. The summed E-state index contributed by atoms with van der Waals surface area (Å²) in [6, 6.07) is 8.92. The van der Waals surface area contributed by atoms with Crippen molar-refractivity contribution in [3.8, 4) is 0 Å². The first kappa shape index (κ1) is 17.6. The highest BCUT2D eigenvalue weighted by atomic mass is 32.1. The molecule has 0 atom stereocenters. The number of carbonyl (C=O) groups is 2. The summed E-state index contributed by atoms with van der Waals surface area (Å²) in [5.74, 6) is -0.972. The van der Waals surface area contributed by atoms with Gasteiger partial charge in [-0.2, -0.15) is 0 Å². The van der Waals surface area contributed by atoms with Crippen molar-refractivity contribution in [2.75, 3.05) is 5.32 Å². The number of nitrogens with one attached hydrogen (secondary N) is 2. The molecule has 0 saturated carbocycles. The summed E-state index contributed by atoms with van der Waals surface area (Å²) < 4.78 is 0.922. The van der Waals surface area contributed by atoms with Crippen LogP contribution in [0.1, 0.15) is 21.7 Å². The molecular weight excluding hydrogens is 356 g/mol. The minimum absolute atomic E-state index is 0.111. The summed E-state index contributed by atoms with van der Waals surface area (Å²) >= 11 is 1.04. The number of amides is 2. The van der Waals surface area contributed by atoms with Gasteiger partial charge in [0, 0.05) is 18.7 Å². The summed E-state index contributed by atoms with van der Waals surface area (Å²) in [5, 5.41) is 3.02. The number of rotatable bonds is 5. The second-order valence-corrected chi connectivity index (χ2v) is 6.70. The Morgan fingerprint density at radius 1 is 1.23 bits per heavy atom. The minimum atomic E-state index is -0.639. The predicted octanol–water partition coefficient (Wildman–Crippen LogP) is 1.19. The number of aromatic amines is 1. The smallest absolute Gasteiger partial charge is 0.329 e. The van der Waals surface area contributed by atoms with Gasteiger partial charge < -0.3 is 11.1 Å². The average molecular weight is 372 g/mol. The second-order valence-electron chi connectivity index (χ2n) is 5.68. The number of fused-ring (bicyclic) bond motifs is 1. The Morgan fingerprint density at radius 3 is 2.58 bits per heavy atom. The van der Waals surface area contributed by atoms with Crippen molar-refractivity contribution < 1.29 is 9.59 Å². The van der Waals surface area contributed by atoms with Crippen molar-refractivity contribution in [1.29, 1.82) is 0 Å². The lowest BCUT2D eigenvalue weighted by molar-refractivity contribution is -0.118.